The van der Waals surface area contributed by atoms with Crippen LogP contribution in [0.3, 0.4) is 0 Å². The molecule has 3 amide bonds. The summed E-state index contributed by atoms with van der Waals surface area (Å²) in [5, 5.41) is 27.9. The number of amides is 3. The molecule has 0 radical (unpaired) electrons. The van der Waals surface area contributed by atoms with Gasteiger partial charge >= 0.3 is 5.97 Å². The first-order valence-corrected chi connectivity index (χ1v) is 15.2. The van der Waals surface area contributed by atoms with Crippen LogP contribution in [0.2, 0.25) is 0 Å². The average molecular weight is 598 g/mol. The van der Waals surface area contributed by atoms with Gasteiger partial charge in [0.1, 0.15) is 34.9 Å². The molecule has 2 aliphatic rings. The van der Waals surface area contributed by atoms with Gasteiger partial charge in [0, 0.05) is 16.9 Å². The van der Waals surface area contributed by atoms with Crippen molar-refractivity contribution in [2.24, 2.45) is 5.16 Å². The van der Waals surface area contributed by atoms with Crippen LogP contribution in [0, 0.1) is 0 Å². The molecule has 0 saturated carbocycles. The molecule has 0 bridgehead atoms. The molecule has 17 heteroatoms. The number of aromatic nitrogens is 3. The van der Waals surface area contributed by atoms with Crippen LogP contribution < -0.4 is 10.6 Å². The van der Waals surface area contributed by atoms with Crippen LogP contribution in [0.25, 0.3) is 0 Å². The second kappa shape index (κ2) is 13.2. The number of carboxylic acid groups (broad SMARTS) is 1. The molecule has 0 aliphatic carbocycles. The molecule has 0 spiro atoms. The normalized spacial score (nSPS) is 19.0. The van der Waals surface area contributed by atoms with Crippen molar-refractivity contribution >= 4 is 81.2 Å². The Hall–Kier alpha value is -3.02. The van der Waals surface area contributed by atoms with E-state index >= 15 is 0 Å². The van der Waals surface area contributed by atoms with Crippen molar-refractivity contribution < 1.29 is 29.1 Å². The maximum Gasteiger partial charge on any atom is 0.352 e. The highest BCUT2D eigenvalue weighted by molar-refractivity contribution is 8.01. The number of hydrogen-bond donors (Lipinski definition) is 3. The molecule has 4 rings (SSSR count). The molecule has 202 valence electrons. The quantitative estimate of drug-likeness (QED) is 0.0725. The Morgan fingerprint density at radius 1 is 1.37 bits per heavy atom. The van der Waals surface area contributed by atoms with Crippen molar-refractivity contribution in [3.8, 4) is 0 Å². The third-order valence-electron chi connectivity index (χ3n) is 5.39. The summed E-state index contributed by atoms with van der Waals surface area (Å²) in [5.41, 5.74) is 2.14. The maximum atomic E-state index is 13.2. The van der Waals surface area contributed by atoms with Crippen molar-refractivity contribution in [1.29, 1.82) is 0 Å². The molecular formula is C21H23N7O6S4. The molecule has 38 heavy (non-hydrogen) atoms. The van der Waals surface area contributed by atoms with Gasteiger partial charge < -0.3 is 20.6 Å². The Labute approximate surface area is 233 Å². The first-order chi connectivity index (χ1) is 18.4. The van der Waals surface area contributed by atoms with E-state index in [1.807, 2.05) is 6.92 Å². The zero-order valence-corrected chi connectivity index (χ0v) is 23.3. The second-order valence-corrected chi connectivity index (χ2v) is 11.9. The molecule has 0 aromatic carbocycles. The average Bonchev–Trinajstić information content (AvgIpc) is 3.60. The maximum absolute atomic E-state index is 13.2. The van der Waals surface area contributed by atoms with Crippen molar-refractivity contribution in [2.75, 3.05) is 23.4 Å². The summed E-state index contributed by atoms with van der Waals surface area (Å²) in [6.45, 7) is 2.35. The monoisotopic (exact) mass is 597 g/mol. The van der Waals surface area contributed by atoms with Crippen LogP contribution in [-0.2, 0) is 24.0 Å². The molecular weight excluding hydrogens is 575 g/mol. The summed E-state index contributed by atoms with van der Waals surface area (Å²) in [5.74, 6) is -1.70. The standard InChI is InChI=1S/C21H23N7O6S4/c1-2-3-4-5-34-27-13(12-8-36-20(24-12)22-9-29)16(30)25-14-17(31)28-15(19(32)33)11(6-35-18(14)28)7-37-21-26-23-10-38-21/h8-10,14,18H,2-7H2,1H3,(H,25,30)(H,32,33)(H,22,24,29)/t14?,18-/m0/s1. The molecule has 2 atom stereocenters. The number of nitrogens with zero attached hydrogens (tertiary/aromatic N) is 5. The zero-order chi connectivity index (χ0) is 27.1. The Morgan fingerprint density at radius 3 is 2.92 bits per heavy atom. The number of fused-ring (bicyclic) bond motifs is 1. The number of carboxylic acids is 1. The van der Waals surface area contributed by atoms with E-state index in [9.17, 15) is 24.3 Å². The van der Waals surface area contributed by atoms with E-state index in [2.05, 4.69) is 31.0 Å². The van der Waals surface area contributed by atoms with Gasteiger partial charge in [0.15, 0.2) is 15.2 Å². The Bertz CT molecular complexity index is 1250. The van der Waals surface area contributed by atoms with Crippen LogP contribution in [0.15, 0.2) is 31.7 Å². The van der Waals surface area contributed by atoms with E-state index in [1.54, 1.807) is 5.51 Å². The van der Waals surface area contributed by atoms with E-state index in [-0.39, 0.29) is 22.2 Å². The number of thiazole rings is 1. The lowest BCUT2D eigenvalue weighted by molar-refractivity contribution is -0.150. The molecule has 1 saturated heterocycles. The highest BCUT2D eigenvalue weighted by Gasteiger charge is 2.54. The predicted molar refractivity (Wildman–Crippen MR) is 144 cm³/mol. The topological polar surface area (TPSA) is 176 Å². The van der Waals surface area contributed by atoms with Gasteiger partial charge in [-0.15, -0.1) is 33.3 Å². The first-order valence-electron chi connectivity index (χ1n) is 11.4. The fourth-order valence-corrected chi connectivity index (χ4v) is 7.24. The SMILES string of the molecule is CCCCCON=C(C(=O)NC1C(=O)N2C(C(=O)O)=C(CSc3nncs3)CS[C@@H]12)c1csc(NC=O)n1. The molecule has 1 fully saturated rings. The zero-order valence-electron chi connectivity index (χ0n) is 20.0. The fourth-order valence-electron chi connectivity index (χ4n) is 3.61. The van der Waals surface area contributed by atoms with E-state index in [0.717, 1.165) is 30.6 Å². The third kappa shape index (κ3) is 6.33. The Morgan fingerprint density at radius 2 is 2.21 bits per heavy atom. The number of unbranched alkanes of at least 4 members (excludes halogenated alkanes) is 2. The van der Waals surface area contributed by atoms with Crippen molar-refractivity contribution in [1.82, 2.24) is 25.4 Å². The van der Waals surface area contributed by atoms with E-state index in [0.29, 0.717) is 34.4 Å². The number of anilines is 1. The van der Waals surface area contributed by atoms with Crippen LogP contribution in [0.1, 0.15) is 31.9 Å². The van der Waals surface area contributed by atoms with Gasteiger partial charge in [0.2, 0.25) is 6.41 Å². The number of carbonyl (C=O) groups is 4. The van der Waals surface area contributed by atoms with Crippen molar-refractivity contribution in [3.05, 3.63) is 27.9 Å². The van der Waals surface area contributed by atoms with Crippen LogP contribution >= 0.6 is 46.2 Å². The number of thioether (sulfide) groups is 2. The van der Waals surface area contributed by atoms with Crippen molar-refractivity contribution in [3.63, 3.8) is 0 Å². The summed E-state index contributed by atoms with van der Waals surface area (Å²) in [7, 11) is 0. The van der Waals surface area contributed by atoms with E-state index in [1.165, 1.54) is 45.1 Å². The number of nitrogens with one attached hydrogen (secondary N) is 2. The molecule has 4 heterocycles. The number of β-lactam (4-membered cyclic amide) rings is 1. The largest absolute Gasteiger partial charge is 0.477 e. The number of oxime groups is 1. The van der Waals surface area contributed by atoms with Gasteiger partial charge in [-0.2, -0.15) is 0 Å². The minimum Gasteiger partial charge on any atom is -0.477 e. The molecule has 2 aliphatic heterocycles. The highest BCUT2D eigenvalue weighted by Crippen LogP contribution is 2.41. The van der Waals surface area contributed by atoms with Gasteiger partial charge in [-0.25, -0.2) is 9.78 Å². The molecule has 3 N–H and O–H groups in total. The summed E-state index contributed by atoms with van der Waals surface area (Å²) >= 11 is 5.17. The highest BCUT2D eigenvalue weighted by atomic mass is 32.2. The lowest BCUT2D eigenvalue weighted by Gasteiger charge is -2.49. The van der Waals surface area contributed by atoms with Gasteiger partial charge in [0.25, 0.3) is 11.8 Å². The van der Waals surface area contributed by atoms with Crippen molar-refractivity contribution in [2.45, 2.75) is 41.9 Å². The summed E-state index contributed by atoms with van der Waals surface area (Å²) in [6, 6.07) is -0.948. The Kier molecular flexibility index (Phi) is 9.70. The molecule has 13 nitrogen and oxygen atoms in total. The Balaban J connectivity index is 1.47. The van der Waals surface area contributed by atoms with E-state index < -0.39 is 29.2 Å². The summed E-state index contributed by atoms with van der Waals surface area (Å²) < 4.78 is 0.701. The van der Waals surface area contributed by atoms with Crippen LogP contribution in [0.4, 0.5) is 5.13 Å². The number of hydrogen-bond acceptors (Lipinski definition) is 13. The summed E-state index contributed by atoms with van der Waals surface area (Å²) in [4.78, 5) is 59.8. The minimum absolute atomic E-state index is 0.0708. The van der Waals surface area contributed by atoms with Gasteiger partial charge in [0.05, 0.1) is 0 Å². The molecule has 2 aromatic rings. The smallest absolute Gasteiger partial charge is 0.352 e. The lowest BCUT2D eigenvalue weighted by Crippen LogP contribution is -2.71. The first kappa shape index (κ1) is 28.0. The second-order valence-electron chi connectivity index (χ2n) is 7.89. The van der Waals surface area contributed by atoms with E-state index in [4.69, 9.17) is 4.84 Å². The van der Waals surface area contributed by atoms with Crippen LogP contribution in [-0.4, -0.2) is 84.6 Å². The van der Waals surface area contributed by atoms with Gasteiger partial charge in [-0.05, 0) is 12.0 Å². The number of aliphatic carboxylic acids is 1. The summed E-state index contributed by atoms with van der Waals surface area (Å²) in [6.07, 6.45) is 3.15. The fraction of sp³-hybridized carbons (Fsp3) is 0.429. The van der Waals surface area contributed by atoms with Gasteiger partial charge in [-0.1, -0.05) is 48.0 Å². The number of rotatable bonds is 14. The minimum atomic E-state index is -1.21. The predicted octanol–water partition coefficient (Wildman–Crippen LogP) is 2.00. The molecule has 1 unspecified atom stereocenters. The van der Waals surface area contributed by atoms with Gasteiger partial charge in [-0.3, -0.25) is 19.3 Å². The molecule has 2 aromatic heterocycles. The van der Waals surface area contributed by atoms with Crippen LogP contribution in [0.5, 0.6) is 0 Å². The third-order valence-corrected chi connectivity index (χ3v) is 9.45. The number of carbonyl (C=O) groups excluding carboxylic acids is 3. The lowest BCUT2D eigenvalue weighted by atomic mass is 10.0.